The highest BCUT2D eigenvalue weighted by molar-refractivity contribution is 5.23. The Hall–Kier alpha value is -0.900. The van der Waals surface area contributed by atoms with Crippen LogP contribution in [0.5, 0.6) is 0 Å². The second-order valence-corrected chi connectivity index (χ2v) is 4.53. The Bertz CT molecular complexity index is 336. The summed E-state index contributed by atoms with van der Waals surface area (Å²) in [5.41, 5.74) is 2.14. The predicted octanol–water partition coefficient (Wildman–Crippen LogP) is 1.36. The first kappa shape index (κ1) is 11.6. The highest BCUT2D eigenvalue weighted by atomic mass is 16.5. The molecule has 16 heavy (non-hydrogen) atoms. The second-order valence-electron chi connectivity index (χ2n) is 4.53. The molecular formula is C13H19NO2. The number of aryl methyl sites for hydroxylation is 1. The third kappa shape index (κ3) is 2.61. The molecule has 2 atom stereocenters. The van der Waals surface area contributed by atoms with E-state index in [2.05, 4.69) is 11.9 Å². The van der Waals surface area contributed by atoms with Gasteiger partial charge in [0, 0.05) is 13.1 Å². The Morgan fingerprint density at radius 1 is 1.38 bits per heavy atom. The predicted molar refractivity (Wildman–Crippen MR) is 63.4 cm³/mol. The lowest BCUT2D eigenvalue weighted by atomic mass is 10.0. The van der Waals surface area contributed by atoms with Crippen LogP contribution in [0.2, 0.25) is 0 Å². The topological polar surface area (TPSA) is 32.7 Å². The highest BCUT2D eigenvalue weighted by Gasteiger charge is 2.26. The number of benzene rings is 1. The largest absolute Gasteiger partial charge is 0.386 e. The van der Waals surface area contributed by atoms with Crippen molar-refractivity contribution in [3.63, 3.8) is 0 Å². The molecule has 0 aromatic heterocycles. The first-order chi connectivity index (χ1) is 7.66. The van der Waals surface area contributed by atoms with E-state index in [1.165, 1.54) is 5.56 Å². The minimum absolute atomic E-state index is 0.110. The molecule has 0 bridgehead atoms. The Kier molecular flexibility index (Phi) is 3.59. The fourth-order valence-corrected chi connectivity index (χ4v) is 1.98. The maximum atomic E-state index is 10.2. The van der Waals surface area contributed by atoms with E-state index in [0.29, 0.717) is 6.61 Å². The number of ether oxygens (including phenoxy) is 1. The SMILES string of the molecule is Cc1ccc(C(O)C2CN(C)CCO2)cc1. The van der Waals surface area contributed by atoms with Crippen LogP contribution >= 0.6 is 0 Å². The van der Waals surface area contributed by atoms with Crippen molar-refractivity contribution in [3.05, 3.63) is 35.4 Å². The van der Waals surface area contributed by atoms with Crippen molar-refractivity contribution in [2.45, 2.75) is 19.1 Å². The van der Waals surface area contributed by atoms with Crippen LogP contribution in [-0.4, -0.2) is 42.9 Å². The number of likely N-dealkylation sites (N-methyl/N-ethyl adjacent to an activating group) is 1. The molecule has 0 saturated carbocycles. The number of hydrogen-bond acceptors (Lipinski definition) is 3. The maximum Gasteiger partial charge on any atom is 0.106 e. The van der Waals surface area contributed by atoms with Crippen molar-refractivity contribution in [3.8, 4) is 0 Å². The van der Waals surface area contributed by atoms with Gasteiger partial charge in [0.25, 0.3) is 0 Å². The Balaban J connectivity index is 2.06. The van der Waals surface area contributed by atoms with Crippen LogP contribution in [0, 0.1) is 6.92 Å². The van der Waals surface area contributed by atoms with E-state index in [1.54, 1.807) is 0 Å². The van der Waals surface area contributed by atoms with Crippen molar-refractivity contribution in [1.82, 2.24) is 4.90 Å². The van der Waals surface area contributed by atoms with Gasteiger partial charge < -0.3 is 14.7 Å². The van der Waals surface area contributed by atoms with Crippen molar-refractivity contribution in [2.24, 2.45) is 0 Å². The van der Waals surface area contributed by atoms with Crippen molar-refractivity contribution < 1.29 is 9.84 Å². The first-order valence-electron chi connectivity index (χ1n) is 5.71. The Morgan fingerprint density at radius 3 is 2.69 bits per heavy atom. The van der Waals surface area contributed by atoms with Gasteiger partial charge in [-0.15, -0.1) is 0 Å². The minimum Gasteiger partial charge on any atom is -0.386 e. The lowest BCUT2D eigenvalue weighted by Gasteiger charge is -2.33. The molecule has 2 unspecified atom stereocenters. The van der Waals surface area contributed by atoms with Crippen LogP contribution in [-0.2, 0) is 4.74 Å². The minimum atomic E-state index is -0.525. The van der Waals surface area contributed by atoms with Gasteiger partial charge in [0.2, 0.25) is 0 Å². The second kappa shape index (κ2) is 4.95. The molecule has 1 N–H and O–H groups in total. The highest BCUT2D eigenvalue weighted by Crippen LogP contribution is 2.22. The molecular weight excluding hydrogens is 202 g/mol. The third-order valence-electron chi connectivity index (χ3n) is 3.07. The number of rotatable bonds is 2. The quantitative estimate of drug-likeness (QED) is 0.818. The van der Waals surface area contributed by atoms with E-state index in [1.807, 2.05) is 31.2 Å². The van der Waals surface area contributed by atoms with Gasteiger partial charge >= 0.3 is 0 Å². The first-order valence-corrected chi connectivity index (χ1v) is 5.71. The van der Waals surface area contributed by atoms with Crippen LogP contribution in [0.25, 0.3) is 0 Å². The Labute approximate surface area is 96.6 Å². The molecule has 0 radical (unpaired) electrons. The summed E-state index contributed by atoms with van der Waals surface area (Å²) in [6, 6.07) is 7.98. The molecule has 1 aromatic rings. The van der Waals surface area contributed by atoms with Gasteiger partial charge in [-0.3, -0.25) is 0 Å². The number of nitrogens with zero attached hydrogens (tertiary/aromatic N) is 1. The van der Waals surface area contributed by atoms with E-state index in [4.69, 9.17) is 4.74 Å². The summed E-state index contributed by atoms with van der Waals surface area (Å²) in [4.78, 5) is 2.19. The van der Waals surface area contributed by atoms with Crippen LogP contribution in [0.3, 0.4) is 0 Å². The number of aliphatic hydroxyl groups excluding tert-OH is 1. The molecule has 0 spiro atoms. The molecule has 1 aliphatic heterocycles. The molecule has 1 fully saturated rings. The van der Waals surface area contributed by atoms with Crippen LogP contribution < -0.4 is 0 Å². The molecule has 88 valence electrons. The van der Waals surface area contributed by atoms with Gasteiger partial charge in [0.15, 0.2) is 0 Å². The molecule has 2 rings (SSSR count). The summed E-state index contributed by atoms with van der Waals surface area (Å²) >= 11 is 0. The van der Waals surface area contributed by atoms with Gasteiger partial charge in [-0.1, -0.05) is 29.8 Å². The molecule has 0 amide bonds. The van der Waals surface area contributed by atoms with E-state index in [0.717, 1.165) is 18.7 Å². The van der Waals surface area contributed by atoms with Gasteiger partial charge in [0.1, 0.15) is 12.2 Å². The lowest BCUT2D eigenvalue weighted by molar-refractivity contribution is -0.0844. The third-order valence-corrected chi connectivity index (χ3v) is 3.07. The van der Waals surface area contributed by atoms with Crippen molar-refractivity contribution in [2.75, 3.05) is 26.7 Å². The van der Waals surface area contributed by atoms with E-state index < -0.39 is 6.10 Å². The van der Waals surface area contributed by atoms with Crippen molar-refractivity contribution in [1.29, 1.82) is 0 Å². The molecule has 1 saturated heterocycles. The van der Waals surface area contributed by atoms with E-state index >= 15 is 0 Å². The summed E-state index contributed by atoms with van der Waals surface area (Å²) in [5, 5.41) is 10.2. The smallest absolute Gasteiger partial charge is 0.106 e. The van der Waals surface area contributed by atoms with Crippen LogP contribution in [0.1, 0.15) is 17.2 Å². The summed E-state index contributed by atoms with van der Waals surface area (Å²) in [5.74, 6) is 0. The van der Waals surface area contributed by atoms with Gasteiger partial charge in [-0.05, 0) is 19.5 Å². The zero-order valence-electron chi connectivity index (χ0n) is 9.89. The van der Waals surface area contributed by atoms with Crippen LogP contribution in [0.4, 0.5) is 0 Å². The average molecular weight is 221 g/mol. The lowest BCUT2D eigenvalue weighted by Crippen LogP contribution is -2.42. The van der Waals surface area contributed by atoms with E-state index in [-0.39, 0.29) is 6.10 Å². The fourth-order valence-electron chi connectivity index (χ4n) is 1.98. The van der Waals surface area contributed by atoms with E-state index in [9.17, 15) is 5.11 Å². The number of aliphatic hydroxyl groups is 1. The Morgan fingerprint density at radius 2 is 2.06 bits per heavy atom. The number of hydrogen-bond donors (Lipinski definition) is 1. The van der Waals surface area contributed by atoms with Gasteiger partial charge in [-0.2, -0.15) is 0 Å². The fraction of sp³-hybridized carbons (Fsp3) is 0.538. The standard InChI is InChI=1S/C13H19NO2/c1-10-3-5-11(6-4-10)13(15)12-9-14(2)7-8-16-12/h3-6,12-13,15H,7-9H2,1-2H3. The van der Waals surface area contributed by atoms with Gasteiger partial charge in [-0.25, -0.2) is 0 Å². The molecule has 1 aliphatic rings. The molecule has 3 heteroatoms. The molecule has 1 heterocycles. The number of morpholine rings is 1. The molecule has 0 aliphatic carbocycles. The molecule has 3 nitrogen and oxygen atoms in total. The summed E-state index contributed by atoms with van der Waals surface area (Å²) < 4.78 is 5.60. The zero-order chi connectivity index (χ0) is 11.5. The molecule has 1 aromatic carbocycles. The van der Waals surface area contributed by atoms with Crippen LogP contribution in [0.15, 0.2) is 24.3 Å². The zero-order valence-corrected chi connectivity index (χ0v) is 9.89. The normalized spacial score (nSPS) is 24.3. The van der Waals surface area contributed by atoms with Crippen molar-refractivity contribution >= 4 is 0 Å². The van der Waals surface area contributed by atoms with Gasteiger partial charge in [0.05, 0.1) is 6.61 Å². The summed E-state index contributed by atoms with van der Waals surface area (Å²) in [7, 11) is 2.05. The monoisotopic (exact) mass is 221 g/mol. The average Bonchev–Trinajstić information content (AvgIpc) is 2.29. The summed E-state index contributed by atoms with van der Waals surface area (Å²) in [6.45, 7) is 4.47. The summed E-state index contributed by atoms with van der Waals surface area (Å²) in [6.07, 6.45) is -0.634. The maximum absolute atomic E-state index is 10.2.